The second-order valence-electron chi connectivity index (χ2n) is 4.84. The number of nitrogens with two attached hydrogens (primary N) is 1. The molecule has 1 unspecified atom stereocenters. The molecule has 0 saturated carbocycles. The third-order valence-corrected chi connectivity index (χ3v) is 3.67. The van der Waals surface area contributed by atoms with E-state index in [-0.39, 0.29) is 11.8 Å². The van der Waals surface area contributed by atoms with Crippen LogP contribution in [0.25, 0.3) is 0 Å². The lowest BCUT2D eigenvalue weighted by Gasteiger charge is -2.11. The molecule has 2 aromatic rings. The number of carbonyl (C=O) groups excluding carboxylic acids is 1. The number of hydrogen-bond acceptors (Lipinski definition) is 3. The Morgan fingerprint density at radius 2 is 2.05 bits per heavy atom. The molecule has 0 spiro atoms. The van der Waals surface area contributed by atoms with Gasteiger partial charge in [0.15, 0.2) is 0 Å². The number of para-hydroxylation sites is 1. The van der Waals surface area contributed by atoms with Crippen LogP contribution in [0.4, 0.5) is 5.69 Å². The van der Waals surface area contributed by atoms with E-state index in [2.05, 4.69) is 5.32 Å². The molecule has 0 radical (unpaired) electrons. The molecular weight excluding hydrogens is 284 g/mol. The Kier molecular flexibility index (Phi) is 3.58. The number of hydrogen-bond donors (Lipinski definition) is 2. The van der Waals surface area contributed by atoms with Crippen molar-refractivity contribution in [2.24, 2.45) is 5.73 Å². The summed E-state index contributed by atoms with van der Waals surface area (Å²) in [5.41, 5.74) is 7.92. The smallest absolute Gasteiger partial charge is 0.235 e. The summed E-state index contributed by atoms with van der Waals surface area (Å²) >= 11 is 4.94. The van der Waals surface area contributed by atoms with Crippen LogP contribution in [0.2, 0.25) is 0 Å². The fourth-order valence-electron chi connectivity index (χ4n) is 2.36. The Labute approximate surface area is 127 Å². The van der Waals surface area contributed by atoms with Gasteiger partial charge in [0.1, 0.15) is 23.3 Å². The number of ether oxygens (including phenoxy) is 1. The summed E-state index contributed by atoms with van der Waals surface area (Å²) in [7, 11) is 0. The maximum Gasteiger partial charge on any atom is 0.235 e. The summed E-state index contributed by atoms with van der Waals surface area (Å²) in [6, 6.07) is 14.8. The first-order valence-electron chi connectivity index (χ1n) is 6.57. The molecule has 1 heterocycles. The lowest BCUT2D eigenvalue weighted by atomic mass is 10.0. The van der Waals surface area contributed by atoms with Gasteiger partial charge in [-0.1, -0.05) is 42.5 Å². The molecule has 4 nitrogen and oxygen atoms in total. The summed E-state index contributed by atoms with van der Waals surface area (Å²) in [6.07, 6.45) is 0. The lowest BCUT2D eigenvalue weighted by Crippen LogP contribution is -2.22. The molecule has 1 atom stereocenters. The van der Waals surface area contributed by atoms with Crippen molar-refractivity contribution in [1.29, 1.82) is 0 Å². The second-order valence-corrected chi connectivity index (χ2v) is 5.28. The molecule has 0 bridgehead atoms. The van der Waals surface area contributed by atoms with E-state index < -0.39 is 0 Å². The summed E-state index contributed by atoms with van der Waals surface area (Å²) < 4.78 is 5.53. The minimum atomic E-state index is -0.297. The van der Waals surface area contributed by atoms with Gasteiger partial charge in [-0.2, -0.15) is 0 Å². The predicted molar refractivity (Wildman–Crippen MR) is 85.6 cm³/mol. The average molecular weight is 298 g/mol. The zero-order chi connectivity index (χ0) is 14.8. The predicted octanol–water partition coefficient (Wildman–Crippen LogP) is 2.44. The molecule has 106 valence electrons. The van der Waals surface area contributed by atoms with Crippen LogP contribution >= 0.6 is 12.2 Å². The number of rotatable bonds is 3. The topological polar surface area (TPSA) is 64.3 Å². The van der Waals surface area contributed by atoms with Gasteiger partial charge >= 0.3 is 0 Å². The van der Waals surface area contributed by atoms with Crippen LogP contribution in [0, 0.1) is 0 Å². The second kappa shape index (κ2) is 5.54. The van der Waals surface area contributed by atoms with Crippen molar-refractivity contribution < 1.29 is 9.53 Å². The summed E-state index contributed by atoms with van der Waals surface area (Å²) in [5, 5.41) is 2.89. The Bertz CT molecular complexity index is 715. The summed E-state index contributed by atoms with van der Waals surface area (Å²) in [5.74, 6) is 0.379. The van der Waals surface area contributed by atoms with E-state index in [1.165, 1.54) is 0 Å². The largest absolute Gasteiger partial charge is 0.492 e. The highest BCUT2D eigenvalue weighted by molar-refractivity contribution is 7.80. The van der Waals surface area contributed by atoms with E-state index in [1.54, 1.807) is 12.1 Å². The molecule has 1 aliphatic heterocycles. The van der Waals surface area contributed by atoms with Crippen molar-refractivity contribution in [3.8, 4) is 5.75 Å². The molecule has 0 aromatic heterocycles. The number of fused-ring (bicyclic) bond motifs is 1. The Morgan fingerprint density at radius 1 is 1.24 bits per heavy atom. The van der Waals surface area contributed by atoms with Gasteiger partial charge in [-0.15, -0.1) is 0 Å². The maximum atomic E-state index is 12.4. The van der Waals surface area contributed by atoms with Crippen LogP contribution in [0.15, 0.2) is 48.5 Å². The molecule has 3 rings (SSSR count). The molecule has 3 N–H and O–H groups in total. The van der Waals surface area contributed by atoms with Crippen LogP contribution in [0.3, 0.4) is 0 Å². The van der Waals surface area contributed by atoms with Crippen molar-refractivity contribution in [3.05, 3.63) is 59.7 Å². The molecule has 1 aliphatic rings. The standard InChI is InChI=1S/C16H14N2O2S/c17-15(21)10-4-3-5-11(8-10)18-16(19)13-9-20-14-7-2-1-6-12(13)14/h1-8,13H,9H2,(H2,17,21)(H,18,19). The van der Waals surface area contributed by atoms with Crippen molar-refractivity contribution >= 4 is 28.8 Å². The first kappa shape index (κ1) is 13.6. The molecule has 2 aromatic carbocycles. The highest BCUT2D eigenvalue weighted by Crippen LogP contribution is 2.34. The van der Waals surface area contributed by atoms with Gasteiger partial charge in [0.25, 0.3) is 0 Å². The number of nitrogens with one attached hydrogen (secondary N) is 1. The van der Waals surface area contributed by atoms with Crippen LogP contribution in [-0.4, -0.2) is 17.5 Å². The number of benzene rings is 2. The number of carbonyl (C=O) groups is 1. The highest BCUT2D eigenvalue weighted by atomic mass is 32.1. The van der Waals surface area contributed by atoms with E-state index in [1.807, 2.05) is 36.4 Å². The number of thiocarbonyl (C=S) groups is 1. The quantitative estimate of drug-likeness (QED) is 0.854. The third-order valence-electron chi connectivity index (χ3n) is 3.43. The lowest BCUT2D eigenvalue weighted by molar-refractivity contribution is -0.117. The summed E-state index contributed by atoms with van der Waals surface area (Å²) in [6.45, 7) is 0.361. The Morgan fingerprint density at radius 3 is 2.86 bits per heavy atom. The van der Waals surface area contributed by atoms with Crippen LogP contribution < -0.4 is 15.8 Å². The van der Waals surface area contributed by atoms with Crippen molar-refractivity contribution in [2.45, 2.75) is 5.92 Å². The van der Waals surface area contributed by atoms with Gasteiger partial charge < -0.3 is 15.8 Å². The number of anilines is 1. The van der Waals surface area contributed by atoms with E-state index in [0.29, 0.717) is 17.3 Å². The van der Waals surface area contributed by atoms with Crippen molar-refractivity contribution in [2.75, 3.05) is 11.9 Å². The molecule has 0 saturated heterocycles. The molecular formula is C16H14N2O2S. The van der Waals surface area contributed by atoms with Crippen LogP contribution in [-0.2, 0) is 4.79 Å². The van der Waals surface area contributed by atoms with Crippen molar-refractivity contribution in [3.63, 3.8) is 0 Å². The fourth-order valence-corrected chi connectivity index (χ4v) is 2.49. The van der Waals surface area contributed by atoms with Gasteiger partial charge in [-0.25, -0.2) is 0 Å². The van der Waals surface area contributed by atoms with Gasteiger partial charge in [0.2, 0.25) is 5.91 Å². The monoisotopic (exact) mass is 298 g/mol. The SMILES string of the molecule is NC(=S)c1cccc(NC(=O)C2COc3ccccc32)c1. The Hall–Kier alpha value is -2.40. The fraction of sp³-hybridized carbons (Fsp3) is 0.125. The zero-order valence-electron chi connectivity index (χ0n) is 11.2. The van der Waals surface area contributed by atoms with E-state index in [0.717, 1.165) is 16.9 Å². The maximum absolute atomic E-state index is 12.4. The Balaban J connectivity index is 1.79. The molecule has 21 heavy (non-hydrogen) atoms. The van der Waals surface area contributed by atoms with Gasteiger partial charge in [-0.3, -0.25) is 4.79 Å². The molecule has 0 aliphatic carbocycles. The summed E-state index contributed by atoms with van der Waals surface area (Å²) in [4.78, 5) is 12.7. The normalized spacial score (nSPS) is 15.9. The van der Waals surface area contributed by atoms with Gasteiger partial charge in [-0.05, 0) is 18.2 Å². The average Bonchev–Trinajstić information content (AvgIpc) is 2.91. The highest BCUT2D eigenvalue weighted by Gasteiger charge is 2.29. The molecule has 0 fully saturated rings. The van der Waals surface area contributed by atoms with Crippen molar-refractivity contribution in [1.82, 2.24) is 0 Å². The minimum Gasteiger partial charge on any atom is -0.492 e. The van der Waals surface area contributed by atoms with Gasteiger partial charge in [0.05, 0.1) is 0 Å². The number of amides is 1. The van der Waals surface area contributed by atoms with E-state index in [9.17, 15) is 4.79 Å². The first-order valence-corrected chi connectivity index (χ1v) is 6.98. The molecule has 1 amide bonds. The first-order chi connectivity index (χ1) is 10.1. The zero-order valence-corrected chi connectivity index (χ0v) is 12.0. The van der Waals surface area contributed by atoms with E-state index in [4.69, 9.17) is 22.7 Å². The van der Waals surface area contributed by atoms with E-state index >= 15 is 0 Å². The van der Waals surface area contributed by atoms with Crippen LogP contribution in [0.1, 0.15) is 17.0 Å². The van der Waals surface area contributed by atoms with Gasteiger partial charge in [0, 0.05) is 16.8 Å². The molecule has 5 heteroatoms. The minimum absolute atomic E-state index is 0.0972. The third kappa shape index (κ3) is 2.73. The van der Waals surface area contributed by atoms with Crippen LogP contribution in [0.5, 0.6) is 5.75 Å².